The van der Waals surface area contributed by atoms with Crippen LogP contribution in [0, 0.1) is 12.7 Å². The summed E-state index contributed by atoms with van der Waals surface area (Å²) in [5.74, 6) is 1.14. The first-order valence-corrected chi connectivity index (χ1v) is 6.66. The first kappa shape index (κ1) is 14.5. The maximum Gasteiger partial charge on any atom is 0.135 e. The number of nitrogens with zero attached hydrogens (tertiary/aromatic N) is 1. The first-order chi connectivity index (χ1) is 9.56. The van der Waals surface area contributed by atoms with E-state index in [4.69, 9.17) is 4.74 Å². The highest BCUT2D eigenvalue weighted by Crippen LogP contribution is 2.27. The number of aromatic nitrogens is 1. The van der Waals surface area contributed by atoms with Gasteiger partial charge in [0.1, 0.15) is 17.3 Å². The van der Waals surface area contributed by atoms with Crippen LogP contribution in [0.15, 0.2) is 36.7 Å². The average molecular weight is 274 g/mol. The molecule has 0 saturated carbocycles. The molecular weight excluding hydrogens is 255 g/mol. The van der Waals surface area contributed by atoms with Gasteiger partial charge in [-0.2, -0.15) is 0 Å². The summed E-state index contributed by atoms with van der Waals surface area (Å²) in [7, 11) is 0. The summed E-state index contributed by atoms with van der Waals surface area (Å²) < 4.78 is 19.0. The van der Waals surface area contributed by atoms with Crippen molar-refractivity contribution in [3.05, 3.63) is 53.6 Å². The largest absolute Gasteiger partial charge is 0.457 e. The van der Waals surface area contributed by atoms with Crippen LogP contribution in [0.1, 0.15) is 25.0 Å². The molecule has 0 aliphatic carbocycles. The normalized spacial score (nSPS) is 10.8. The predicted molar refractivity (Wildman–Crippen MR) is 77.4 cm³/mol. The van der Waals surface area contributed by atoms with Gasteiger partial charge in [0.15, 0.2) is 0 Å². The van der Waals surface area contributed by atoms with E-state index in [0.29, 0.717) is 18.3 Å². The molecule has 0 spiro atoms. The molecule has 0 saturated heterocycles. The molecule has 0 aliphatic rings. The zero-order chi connectivity index (χ0) is 14.5. The second kappa shape index (κ2) is 6.48. The standard InChI is InChI=1S/C16H19FN2O/c1-11(2)19-10-13-9-18-7-6-16(13)20-15-5-4-14(17)8-12(15)3/h4-9,11,19H,10H2,1-3H3. The minimum Gasteiger partial charge on any atom is -0.457 e. The third-order valence-corrected chi connectivity index (χ3v) is 2.92. The van der Waals surface area contributed by atoms with E-state index in [1.807, 2.05) is 13.0 Å². The van der Waals surface area contributed by atoms with Crippen molar-refractivity contribution in [1.82, 2.24) is 10.3 Å². The Hall–Kier alpha value is -1.94. The lowest BCUT2D eigenvalue weighted by Gasteiger charge is -2.14. The van der Waals surface area contributed by atoms with Crippen molar-refractivity contribution in [2.75, 3.05) is 0 Å². The summed E-state index contributed by atoms with van der Waals surface area (Å²) in [6.07, 6.45) is 3.47. The maximum atomic E-state index is 13.1. The van der Waals surface area contributed by atoms with Gasteiger partial charge in [-0.1, -0.05) is 13.8 Å². The van der Waals surface area contributed by atoms with Gasteiger partial charge in [-0.25, -0.2) is 4.39 Å². The quantitative estimate of drug-likeness (QED) is 0.900. The van der Waals surface area contributed by atoms with Crippen LogP contribution >= 0.6 is 0 Å². The second-order valence-corrected chi connectivity index (χ2v) is 5.03. The molecule has 0 unspecified atom stereocenters. The van der Waals surface area contributed by atoms with Crippen LogP contribution in [0.25, 0.3) is 0 Å². The summed E-state index contributed by atoms with van der Waals surface area (Å²) in [6.45, 7) is 6.68. The second-order valence-electron chi connectivity index (χ2n) is 5.03. The molecular formula is C16H19FN2O. The van der Waals surface area contributed by atoms with E-state index >= 15 is 0 Å². The molecule has 1 heterocycles. The van der Waals surface area contributed by atoms with Crippen LogP contribution in [0.5, 0.6) is 11.5 Å². The Morgan fingerprint density at radius 1 is 1.25 bits per heavy atom. The molecule has 0 fully saturated rings. The summed E-state index contributed by atoms with van der Waals surface area (Å²) in [4.78, 5) is 4.12. The number of rotatable bonds is 5. The van der Waals surface area contributed by atoms with Crippen LogP contribution < -0.4 is 10.1 Å². The van der Waals surface area contributed by atoms with E-state index in [-0.39, 0.29) is 5.82 Å². The van der Waals surface area contributed by atoms with Gasteiger partial charge in [0.25, 0.3) is 0 Å². The molecule has 1 aromatic heterocycles. The van der Waals surface area contributed by atoms with Crippen molar-refractivity contribution in [3.63, 3.8) is 0 Å². The lowest BCUT2D eigenvalue weighted by Crippen LogP contribution is -2.22. The number of nitrogens with one attached hydrogen (secondary N) is 1. The summed E-state index contributed by atoms with van der Waals surface area (Å²) in [6, 6.07) is 6.71. The highest BCUT2D eigenvalue weighted by molar-refractivity contribution is 5.39. The molecule has 4 heteroatoms. The van der Waals surface area contributed by atoms with Crippen molar-refractivity contribution in [1.29, 1.82) is 0 Å². The first-order valence-electron chi connectivity index (χ1n) is 6.66. The molecule has 0 bridgehead atoms. The van der Waals surface area contributed by atoms with E-state index in [2.05, 4.69) is 24.1 Å². The number of ether oxygens (including phenoxy) is 1. The molecule has 1 aromatic carbocycles. The Bertz CT molecular complexity index is 584. The zero-order valence-corrected chi connectivity index (χ0v) is 12.0. The fourth-order valence-corrected chi connectivity index (χ4v) is 1.81. The maximum absolute atomic E-state index is 13.1. The minimum atomic E-state index is -0.258. The minimum absolute atomic E-state index is 0.258. The van der Waals surface area contributed by atoms with E-state index in [9.17, 15) is 4.39 Å². The highest BCUT2D eigenvalue weighted by Gasteiger charge is 2.08. The number of hydrogen-bond acceptors (Lipinski definition) is 3. The molecule has 0 aliphatic heterocycles. The molecule has 3 nitrogen and oxygen atoms in total. The monoisotopic (exact) mass is 274 g/mol. The summed E-state index contributed by atoms with van der Waals surface area (Å²) in [5.41, 5.74) is 1.74. The lowest BCUT2D eigenvalue weighted by molar-refractivity contribution is 0.463. The molecule has 2 rings (SSSR count). The zero-order valence-electron chi connectivity index (χ0n) is 12.0. The Kier molecular flexibility index (Phi) is 4.69. The topological polar surface area (TPSA) is 34.1 Å². The summed E-state index contributed by atoms with van der Waals surface area (Å²) in [5, 5.41) is 3.33. The molecule has 106 valence electrons. The fraction of sp³-hybridized carbons (Fsp3) is 0.312. The number of halogens is 1. The molecule has 0 amide bonds. The number of hydrogen-bond donors (Lipinski definition) is 1. The van der Waals surface area contributed by atoms with Gasteiger partial charge < -0.3 is 10.1 Å². The number of aryl methyl sites for hydroxylation is 1. The highest BCUT2D eigenvalue weighted by atomic mass is 19.1. The van der Waals surface area contributed by atoms with Crippen molar-refractivity contribution in [2.45, 2.75) is 33.4 Å². The molecule has 0 atom stereocenters. The molecule has 2 aromatic rings. The van der Waals surface area contributed by atoms with Crippen molar-refractivity contribution < 1.29 is 9.13 Å². The van der Waals surface area contributed by atoms with E-state index in [0.717, 1.165) is 16.9 Å². The van der Waals surface area contributed by atoms with Gasteiger partial charge in [-0.15, -0.1) is 0 Å². The van der Waals surface area contributed by atoms with E-state index in [1.54, 1.807) is 18.5 Å². The third-order valence-electron chi connectivity index (χ3n) is 2.92. The Morgan fingerprint density at radius 3 is 2.75 bits per heavy atom. The molecule has 1 N–H and O–H groups in total. The smallest absolute Gasteiger partial charge is 0.135 e. The van der Waals surface area contributed by atoms with Crippen molar-refractivity contribution in [3.8, 4) is 11.5 Å². The van der Waals surface area contributed by atoms with Gasteiger partial charge in [-0.05, 0) is 36.8 Å². The van der Waals surface area contributed by atoms with Crippen LogP contribution in [0.3, 0.4) is 0 Å². The number of pyridine rings is 1. The average Bonchev–Trinajstić information content (AvgIpc) is 2.41. The molecule has 0 radical (unpaired) electrons. The van der Waals surface area contributed by atoms with Crippen LogP contribution in [-0.4, -0.2) is 11.0 Å². The predicted octanol–water partition coefficient (Wildman–Crippen LogP) is 3.82. The number of benzene rings is 1. The van der Waals surface area contributed by atoms with Crippen LogP contribution in [-0.2, 0) is 6.54 Å². The third kappa shape index (κ3) is 3.78. The molecule has 20 heavy (non-hydrogen) atoms. The van der Waals surface area contributed by atoms with Gasteiger partial charge in [-0.3, -0.25) is 4.98 Å². The summed E-state index contributed by atoms with van der Waals surface area (Å²) >= 11 is 0. The van der Waals surface area contributed by atoms with E-state index < -0.39 is 0 Å². The fourth-order valence-electron chi connectivity index (χ4n) is 1.81. The Labute approximate surface area is 118 Å². The SMILES string of the molecule is Cc1cc(F)ccc1Oc1ccncc1CNC(C)C. The van der Waals surface area contributed by atoms with Gasteiger partial charge in [0.05, 0.1) is 0 Å². The van der Waals surface area contributed by atoms with Crippen LogP contribution in [0.2, 0.25) is 0 Å². The Balaban J connectivity index is 2.20. The van der Waals surface area contributed by atoms with Crippen LogP contribution in [0.4, 0.5) is 4.39 Å². The lowest BCUT2D eigenvalue weighted by atomic mass is 10.2. The Morgan fingerprint density at radius 2 is 2.05 bits per heavy atom. The van der Waals surface area contributed by atoms with Gasteiger partial charge >= 0.3 is 0 Å². The van der Waals surface area contributed by atoms with Crippen molar-refractivity contribution >= 4 is 0 Å². The van der Waals surface area contributed by atoms with E-state index in [1.165, 1.54) is 12.1 Å². The van der Waals surface area contributed by atoms with Gasteiger partial charge in [0.2, 0.25) is 0 Å². The van der Waals surface area contributed by atoms with Gasteiger partial charge in [0, 0.05) is 30.5 Å². The van der Waals surface area contributed by atoms with Crippen molar-refractivity contribution in [2.24, 2.45) is 0 Å².